The first-order valence-corrected chi connectivity index (χ1v) is 8.68. The van der Waals surface area contributed by atoms with E-state index in [-0.39, 0.29) is 29.5 Å². The minimum Gasteiger partial charge on any atom is -0.493 e. The Hall–Kier alpha value is -1.87. The van der Waals surface area contributed by atoms with E-state index in [9.17, 15) is 4.79 Å². The summed E-state index contributed by atoms with van der Waals surface area (Å²) in [5, 5.41) is 11.3. The summed E-state index contributed by atoms with van der Waals surface area (Å²) in [7, 11) is 3.21. The minimum atomic E-state index is -0.109. The Labute approximate surface area is 148 Å². The number of amides is 1. The molecule has 0 aliphatic heterocycles. The molecule has 3 atom stereocenters. The quantitative estimate of drug-likeness (QED) is 0.612. The third-order valence-electron chi connectivity index (χ3n) is 4.65. The largest absolute Gasteiger partial charge is 0.493 e. The van der Waals surface area contributed by atoms with Crippen LogP contribution in [0.1, 0.15) is 36.5 Å². The van der Waals surface area contributed by atoms with E-state index in [1.54, 1.807) is 14.2 Å². The van der Waals surface area contributed by atoms with E-state index >= 15 is 0 Å². The lowest BCUT2D eigenvalue weighted by Gasteiger charge is -2.34. The number of carbonyl (C=O) groups is 1. The molecule has 6 heteroatoms. The topological polar surface area (TPSA) is 71.3 Å². The molecule has 1 aromatic rings. The molecule has 24 heavy (non-hydrogen) atoms. The highest BCUT2D eigenvalue weighted by Gasteiger charge is 2.35. The molecule has 0 aromatic heterocycles. The van der Waals surface area contributed by atoms with Crippen LogP contribution in [-0.2, 0) is 4.79 Å². The summed E-state index contributed by atoms with van der Waals surface area (Å²) >= 11 is 4.82. The molecule has 1 saturated carbocycles. The van der Waals surface area contributed by atoms with Crippen LogP contribution in [0.3, 0.4) is 0 Å². The maximum absolute atomic E-state index is 12.4. The van der Waals surface area contributed by atoms with Crippen molar-refractivity contribution in [2.24, 2.45) is 11.8 Å². The molecule has 1 aliphatic rings. The molecule has 5 nitrogen and oxygen atoms in total. The third-order valence-corrected chi connectivity index (χ3v) is 5.33. The van der Waals surface area contributed by atoms with Crippen LogP contribution in [-0.4, -0.2) is 26.7 Å². The smallest absolute Gasteiger partial charge is 0.224 e. The normalized spacial score (nSPS) is 21.4. The van der Waals surface area contributed by atoms with Gasteiger partial charge in [-0.3, -0.25) is 4.79 Å². The number of rotatable bonds is 6. The van der Waals surface area contributed by atoms with Crippen molar-refractivity contribution in [1.29, 1.82) is 5.26 Å². The van der Waals surface area contributed by atoms with Crippen LogP contribution in [0.2, 0.25) is 0 Å². The number of carbonyl (C=O) groups excluding carboxylic acids is 1. The Morgan fingerprint density at radius 3 is 2.71 bits per heavy atom. The lowest BCUT2D eigenvalue weighted by Crippen LogP contribution is -2.38. The zero-order chi connectivity index (χ0) is 17.5. The molecule has 1 unspecified atom stereocenters. The lowest BCUT2D eigenvalue weighted by molar-refractivity contribution is -0.127. The van der Waals surface area contributed by atoms with Crippen molar-refractivity contribution < 1.29 is 14.3 Å². The Kier molecular flexibility index (Phi) is 6.80. The molecule has 0 spiro atoms. The molecule has 130 valence electrons. The van der Waals surface area contributed by atoms with E-state index in [4.69, 9.17) is 27.4 Å². The zero-order valence-corrected chi connectivity index (χ0v) is 15.0. The van der Waals surface area contributed by atoms with Gasteiger partial charge in [0.15, 0.2) is 11.5 Å². The van der Waals surface area contributed by atoms with Gasteiger partial charge in [0.2, 0.25) is 5.91 Å². The van der Waals surface area contributed by atoms with Gasteiger partial charge in [0, 0.05) is 11.2 Å². The summed E-state index contributed by atoms with van der Waals surface area (Å²) in [6.07, 6.45) is 3.92. The number of benzene rings is 1. The second-order valence-electron chi connectivity index (χ2n) is 5.99. The molecule has 1 aromatic carbocycles. The van der Waals surface area contributed by atoms with Gasteiger partial charge in [0.25, 0.3) is 0 Å². The summed E-state index contributed by atoms with van der Waals surface area (Å²) in [6.45, 7) is 0.0512. The van der Waals surface area contributed by atoms with Gasteiger partial charge in [-0.25, -0.2) is 0 Å². The predicted molar refractivity (Wildman–Crippen MR) is 95.3 cm³/mol. The third kappa shape index (κ3) is 4.15. The predicted octanol–water partition coefficient (Wildman–Crippen LogP) is 3.12. The second-order valence-corrected chi connectivity index (χ2v) is 6.55. The van der Waals surface area contributed by atoms with Gasteiger partial charge in [0.05, 0.1) is 20.3 Å². The number of hydrogen-bond acceptors (Lipinski definition) is 5. The van der Waals surface area contributed by atoms with Gasteiger partial charge in [-0.05, 0) is 36.5 Å². The van der Waals surface area contributed by atoms with Gasteiger partial charge >= 0.3 is 0 Å². The van der Waals surface area contributed by atoms with Gasteiger partial charge in [-0.2, -0.15) is 17.9 Å². The van der Waals surface area contributed by atoms with Crippen molar-refractivity contribution in [3.05, 3.63) is 23.8 Å². The molecule has 0 saturated heterocycles. The SMILES string of the molecule is COc1ccc(C(S)[C@H]2CCCC[C@@H]2C(=O)NCC#N)cc1OC. The number of thiol groups is 1. The van der Waals surface area contributed by atoms with Crippen LogP contribution in [0.5, 0.6) is 11.5 Å². The van der Waals surface area contributed by atoms with E-state index in [2.05, 4.69) is 5.32 Å². The Bertz CT molecular complexity index is 615. The molecule has 1 N–H and O–H groups in total. The first-order chi connectivity index (χ1) is 11.6. The minimum absolute atomic E-state index is 0.0409. The van der Waals surface area contributed by atoms with E-state index in [1.807, 2.05) is 24.3 Å². The highest BCUT2D eigenvalue weighted by Crippen LogP contribution is 2.43. The van der Waals surface area contributed by atoms with Crippen LogP contribution in [0.25, 0.3) is 0 Å². The van der Waals surface area contributed by atoms with E-state index in [0.29, 0.717) is 11.5 Å². The summed E-state index contributed by atoms with van der Waals surface area (Å²) in [5.41, 5.74) is 1.01. The van der Waals surface area contributed by atoms with Crippen LogP contribution >= 0.6 is 12.6 Å². The maximum atomic E-state index is 12.4. The molecule has 0 heterocycles. The summed E-state index contributed by atoms with van der Waals surface area (Å²) in [6, 6.07) is 7.72. The zero-order valence-electron chi connectivity index (χ0n) is 14.1. The lowest BCUT2D eigenvalue weighted by atomic mass is 9.75. The fourth-order valence-corrected chi connectivity index (χ4v) is 3.92. The number of nitrogens with zero attached hydrogens (tertiary/aromatic N) is 1. The number of methoxy groups -OCH3 is 2. The fraction of sp³-hybridized carbons (Fsp3) is 0.556. The first-order valence-electron chi connectivity index (χ1n) is 8.17. The maximum Gasteiger partial charge on any atom is 0.224 e. The second kappa shape index (κ2) is 8.84. The fourth-order valence-electron chi connectivity index (χ4n) is 3.40. The molecule has 0 radical (unpaired) electrons. The van der Waals surface area contributed by atoms with E-state index in [0.717, 1.165) is 31.2 Å². The first kappa shape index (κ1) is 18.5. The molecule has 0 bridgehead atoms. The van der Waals surface area contributed by atoms with Crippen LogP contribution < -0.4 is 14.8 Å². The van der Waals surface area contributed by atoms with Crippen molar-refractivity contribution in [2.75, 3.05) is 20.8 Å². The van der Waals surface area contributed by atoms with E-state index < -0.39 is 0 Å². The Balaban J connectivity index is 2.20. The molecular formula is C18H24N2O3S. The van der Waals surface area contributed by atoms with Crippen LogP contribution in [0.15, 0.2) is 18.2 Å². The van der Waals surface area contributed by atoms with Gasteiger partial charge < -0.3 is 14.8 Å². The standard InChI is InChI=1S/C18H24N2O3S/c1-22-15-8-7-12(11-16(15)23-2)17(24)13-5-3-4-6-14(13)18(21)20-10-9-19/h7-8,11,13-14,17,24H,3-6,10H2,1-2H3,(H,20,21)/t13-,14-,17?/m0/s1. The molecule has 1 amide bonds. The molecular weight excluding hydrogens is 324 g/mol. The summed E-state index contributed by atoms with van der Waals surface area (Å²) in [5.74, 6) is 1.33. The molecule has 2 rings (SSSR count). The number of nitrogens with one attached hydrogen (secondary N) is 1. The van der Waals surface area contributed by atoms with Crippen LogP contribution in [0, 0.1) is 23.2 Å². The van der Waals surface area contributed by atoms with Crippen molar-refractivity contribution in [3.8, 4) is 17.6 Å². The van der Waals surface area contributed by atoms with Crippen molar-refractivity contribution in [3.63, 3.8) is 0 Å². The van der Waals surface area contributed by atoms with Crippen molar-refractivity contribution in [1.82, 2.24) is 5.32 Å². The average Bonchev–Trinajstić information content (AvgIpc) is 2.64. The van der Waals surface area contributed by atoms with Crippen molar-refractivity contribution in [2.45, 2.75) is 30.9 Å². The van der Waals surface area contributed by atoms with Crippen molar-refractivity contribution >= 4 is 18.5 Å². The van der Waals surface area contributed by atoms with Gasteiger partial charge in [-0.15, -0.1) is 0 Å². The van der Waals surface area contributed by atoms with Gasteiger partial charge in [-0.1, -0.05) is 18.9 Å². The molecule has 1 fully saturated rings. The average molecular weight is 348 g/mol. The summed E-state index contributed by atoms with van der Waals surface area (Å²) < 4.78 is 10.6. The number of nitriles is 1. The highest BCUT2D eigenvalue weighted by atomic mass is 32.1. The van der Waals surface area contributed by atoms with Crippen LogP contribution in [0.4, 0.5) is 0 Å². The monoisotopic (exact) mass is 348 g/mol. The Morgan fingerprint density at radius 2 is 2.04 bits per heavy atom. The molecule has 1 aliphatic carbocycles. The van der Waals surface area contributed by atoms with E-state index in [1.165, 1.54) is 0 Å². The van der Waals surface area contributed by atoms with Gasteiger partial charge in [0.1, 0.15) is 6.54 Å². The number of ether oxygens (including phenoxy) is 2. The highest BCUT2D eigenvalue weighted by molar-refractivity contribution is 7.80. The Morgan fingerprint density at radius 1 is 1.33 bits per heavy atom. The summed E-state index contributed by atoms with van der Waals surface area (Å²) in [4.78, 5) is 12.4. The number of hydrogen-bond donors (Lipinski definition) is 2.